The van der Waals surface area contributed by atoms with E-state index in [1.807, 2.05) is 6.92 Å². The highest BCUT2D eigenvalue weighted by Gasteiger charge is 2.38. The minimum absolute atomic E-state index is 0.214. The molecule has 3 nitrogen and oxygen atoms in total. The molecule has 2 amide bonds. The molecule has 0 aliphatic carbocycles. The van der Waals surface area contributed by atoms with Gasteiger partial charge in [0.2, 0.25) is 0 Å². The van der Waals surface area contributed by atoms with Crippen LogP contribution in [0.1, 0.15) is 34.1 Å². The van der Waals surface area contributed by atoms with E-state index >= 15 is 0 Å². The fourth-order valence-electron chi connectivity index (χ4n) is 1.90. The second kappa shape index (κ2) is 4.26. The first-order valence-corrected chi connectivity index (χ1v) is 5.77. The molecule has 4 heteroatoms. The number of hydrogen-bond donors (Lipinski definition) is 0. The van der Waals surface area contributed by atoms with Gasteiger partial charge < -0.3 is 0 Å². The van der Waals surface area contributed by atoms with Crippen LogP contribution in [-0.4, -0.2) is 28.6 Å². The van der Waals surface area contributed by atoms with Gasteiger partial charge in [-0.3, -0.25) is 14.5 Å². The maximum absolute atomic E-state index is 12.0. The molecule has 0 aromatic heterocycles. The van der Waals surface area contributed by atoms with Crippen LogP contribution in [0.15, 0.2) is 24.3 Å². The van der Waals surface area contributed by atoms with Crippen LogP contribution in [0.4, 0.5) is 0 Å². The van der Waals surface area contributed by atoms with Gasteiger partial charge in [-0.25, -0.2) is 0 Å². The van der Waals surface area contributed by atoms with E-state index in [1.54, 1.807) is 24.3 Å². The minimum atomic E-state index is -0.229. The van der Waals surface area contributed by atoms with E-state index in [2.05, 4.69) is 0 Å². The summed E-state index contributed by atoms with van der Waals surface area (Å²) in [7, 11) is 0. The molecule has 1 aliphatic rings. The number of fused-ring (bicyclic) bond motifs is 1. The molecule has 84 valence electrons. The average Bonchev–Trinajstić information content (AvgIpc) is 2.57. The highest BCUT2D eigenvalue weighted by molar-refractivity contribution is 6.23. The Labute approximate surface area is 99.0 Å². The summed E-state index contributed by atoms with van der Waals surface area (Å²) in [6.45, 7) is 1.91. The number of carbonyl (C=O) groups is 2. The zero-order valence-electron chi connectivity index (χ0n) is 8.94. The van der Waals surface area contributed by atoms with Gasteiger partial charge in [0.1, 0.15) is 0 Å². The number of halogens is 1. The Morgan fingerprint density at radius 3 is 2.06 bits per heavy atom. The summed E-state index contributed by atoms with van der Waals surface area (Å²) in [6.07, 6.45) is 0.676. The summed E-state index contributed by atoms with van der Waals surface area (Å²) in [6, 6.07) is 6.66. The minimum Gasteiger partial charge on any atom is -0.270 e. The van der Waals surface area contributed by atoms with Gasteiger partial charge in [0.15, 0.2) is 0 Å². The quantitative estimate of drug-likeness (QED) is 0.598. The van der Waals surface area contributed by atoms with Crippen molar-refractivity contribution in [3.05, 3.63) is 35.4 Å². The van der Waals surface area contributed by atoms with Crippen molar-refractivity contribution < 1.29 is 9.59 Å². The van der Waals surface area contributed by atoms with Gasteiger partial charge in [-0.05, 0) is 18.6 Å². The van der Waals surface area contributed by atoms with Gasteiger partial charge in [-0.2, -0.15) is 0 Å². The van der Waals surface area contributed by atoms with Gasteiger partial charge in [0.25, 0.3) is 11.8 Å². The fourth-order valence-corrected chi connectivity index (χ4v) is 2.26. The number of carbonyl (C=O) groups excluding carboxylic acids is 2. The SMILES string of the molecule is CCC(CCl)N1C(=O)c2ccccc2C1=O. The van der Waals surface area contributed by atoms with Crippen LogP contribution in [-0.2, 0) is 0 Å². The third-order valence-electron chi connectivity index (χ3n) is 2.84. The van der Waals surface area contributed by atoms with Crippen LogP contribution in [0.5, 0.6) is 0 Å². The molecule has 0 fully saturated rings. The lowest BCUT2D eigenvalue weighted by Crippen LogP contribution is -2.40. The van der Waals surface area contributed by atoms with Gasteiger partial charge in [0.05, 0.1) is 17.2 Å². The predicted octanol–water partition coefficient (Wildman–Crippen LogP) is 2.30. The maximum Gasteiger partial charge on any atom is 0.261 e. The number of nitrogens with zero attached hydrogens (tertiary/aromatic N) is 1. The van der Waals surface area contributed by atoms with Crippen molar-refractivity contribution in [2.75, 3.05) is 5.88 Å². The Morgan fingerprint density at radius 1 is 1.19 bits per heavy atom. The molecule has 0 saturated carbocycles. The number of imide groups is 1. The van der Waals surface area contributed by atoms with Gasteiger partial charge in [-0.1, -0.05) is 19.1 Å². The molecule has 1 atom stereocenters. The van der Waals surface area contributed by atoms with E-state index in [0.29, 0.717) is 17.5 Å². The van der Waals surface area contributed by atoms with E-state index in [-0.39, 0.29) is 23.7 Å². The average molecular weight is 238 g/mol. The van der Waals surface area contributed by atoms with E-state index < -0.39 is 0 Å². The van der Waals surface area contributed by atoms with Crippen LogP contribution in [0.2, 0.25) is 0 Å². The van der Waals surface area contributed by atoms with Gasteiger partial charge >= 0.3 is 0 Å². The van der Waals surface area contributed by atoms with Crippen LogP contribution in [0.25, 0.3) is 0 Å². The van der Waals surface area contributed by atoms with Crippen molar-refractivity contribution in [2.45, 2.75) is 19.4 Å². The normalized spacial score (nSPS) is 16.5. The van der Waals surface area contributed by atoms with E-state index in [4.69, 9.17) is 11.6 Å². The zero-order valence-corrected chi connectivity index (χ0v) is 9.70. The van der Waals surface area contributed by atoms with Crippen molar-refractivity contribution in [1.82, 2.24) is 4.90 Å². The smallest absolute Gasteiger partial charge is 0.261 e. The van der Waals surface area contributed by atoms with E-state index in [0.717, 1.165) is 0 Å². The molecule has 2 rings (SSSR count). The summed E-state index contributed by atoms with van der Waals surface area (Å²) >= 11 is 5.78. The summed E-state index contributed by atoms with van der Waals surface area (Å²) in [4.78, 5) is 25.3. The van der Waals surface area contributed by atoms with Crippen molar-refractivity contribution in [3.63, 3.8) is 0 Å². The number of hydrogen-bond acceptors (Lipinski definition) is 2. The van der Waals surface area contributed by atoms with Crippen molar-refractivity contribution in [2.24, 2.45) is 0 Å². The molecule has 16 heavy (non-hydrogen) atoms. The summed E-state index contributed by atoms with van der Waals surface area (Å²) < 4.78 is 0. The van der Waals surface area contributed by atoms with Crippen molar-refractivity contribution >= 4 is 23.4 Å². The van der Waals surface area contributed by atoms with E-state index in [9.17, 15) is 9.59 Å². The molecule has 1 aromatic rings. The molecule has 0 bridgehead atoms. The predicted molar refractivity (Wildman–Crippen MR) is 61.7 cm³/mol. The van der Waals surface area contributed by atoms with Crippen LogP contribution in [0, 0.1) is 0 Å². The Balaban J connectivity index is 2.42. The van der Waals surface area contributed by atoms with Crippen molar-refractivity contribution in [3.8, 4) is 0 Å². The Kier molecular flexibility index (Phi) is 2.97. The topological polar surface area (TPSA) is 37.4 Å². The Hall–Kier alpha value is -1.35. The molecule has 1 heterocycles. The lowest BCUT2D eigenvalue weighted by molar-refractivity contribution is 0.0596. The van der Waals surface area contributed by atoms with Crippen LogP contribution >= 0.6 is 11.6 Å². The number of rotatable bonds is 3. The van der Waals surface area contributed by atoms with Gasteiger partial charge in [-0.15, -0.1) is 11.6 Å². The third kappa shape index (κ3) is 1.52. The first kappa shape index (κ1) is 11.1. The first-order chi connectivity index (χ1) is 7.70. The molecule has 0 radical (unpaired) electrons. The summed E-state index contributed by atoms with van der Waals surface area (Å²) in [5, 5.41) is 0. The van der Waals surface area contributed by atoms with Crippen molar-refractivity contribution in [1.29, 1.82) is 0 Å². The molecule has 1 unspecified atom stereocenters. The monoisotopic (exact) mass is 237 g/mol. The lowest BCUT2D eigenvalue weighted by atomic mass is 10.1. The Bertz CT molecular complexity index is 405. The zero-order chi connectivity index (χ0) is 11.7. The number of benzene rings is 1. The summed E-state index contributed by atoms with van der Waals surface area (Å²) in [5.41, 5.74) is 0.965. The molecule has 1 aliphatic heterocycles. The Morgan fingerprint density at radius 2 is 1.69 bits per heavy atom. The number of amides is 2. The number of alkyl halides is 1. The third-order valence-corrected chi connectivity index (χ3v) is 3.20. The largest absolute Gasteiger partial charge is 0.270 e. The van der Waals surface area contributed by atoms with Crippen LogP contribution < -0.4 is 0 Å². The van der Waals surface area contributed by atoms with Gasteiger partial charge in [0, 0.05) is 5.88 Å². The molecule has 0 N–H and O–H groups in total. The first-order valence-electron chi connectivity index (χ1n) is 5.23. The second-order valence-electron chi connectivity index (χ2n) is 3.74. The lowest BCUT2D eigenvalue weighted by Gasteiger charge is -2.22. The molecule has 0 saturated heterocycles. The molecule has 1 aromatic carbocycles. The second-order valence-corrected chi connectivity index (χ2v) is 4.05. The molecular formula is C12H12ClNO2. The fraction of sp³-hybridized carbons (Fsp3) is 0.333. The molecular weight excluding hydrogens is 226 g/mol. The van der Waals surface area contributed by atoms with E-state index in [1.165, 1.54) is 4.90 Å². The molecule has 0 spiro atoms. The highest BCUT2D eigenvalue weighted by Crippen LogP contribution is 2.25. The van der Waals surface area contributed by atoms with Crippen LogP contribution in [0.3, 0.4) is 0 Å². The standard InChI is InChI=1S/C12H12ClNO2/c1-2-8(7-13)14-11(15)9-5-3-4-6-10(9)12(14)16/h3-6,8H,2,7H2,1H3. The highest BCUT2D eigenvalue weighted by atomic mass is 35.5. The summed E-state index contributed by atoms with van der Waals surface area (Å²) in [5.74, 6) is -0.177. The maximum atomic E-state index is 12.0.